The van der Waals surface area contributed by atoms with E-state index in [1.54, 1.807) is 6.07 Å². The van der Waals surface area contributed by atoms with Gasteiger partial charge in [-0.25, -0.2) is 0 Å². The van der Waals surface area contributed by atoms with Gasteiger partial charge in [0.2, 0.25) is 0 Å². The van der Waals surface area contributed by atoms with Gasteiger partial charge in [-0.2, -0.15) is 0 Å². The van der Waals surface area contributed by atoms with E-state index < -0.39 is 0 Å². The number of hydrogen-bond donors (Lipinski definition) is 0. The van der Waals surface area contributed by atoms with E-state index in [1.165, 1.54) is 12.8 Å². The van der Waals surface area contributed by atoms with Crippen molar-refractivity contribution in [2.75, 3.05) is 0 Å². The SMILES string of the molecule is O=Cc1ccc(CC2CC2)o1. The first kappa shape index (κ1) is 6.65. The van der Waals surface area contributed by atoms with Gasteiger partial charge >= 0.3 is 0 Å². The van der Waals surface area contributed by atoms with E-state index in [-0.39, 0.29) is 0 Å². The quantitative estimate of drug-likeness (QED) is 0.617. The van der Waals surface area contributed by atoms with Crippen LogP contribution in [0.4, 0.5) is 0 Å². The van der Waals surface area contributed by atoms with Crippen LogP contribution in [0.1, 0.15) is 29.2 Å². The third-order valence-electron chi connectivity index (χ3n) is 1.99. The molecule has 58 valence electrons. The Morgan fingerprint density at radius 2 is 2.36 bits per heavy atom. The van der Waals surface area contributed by atoms with Crippen LogP contribution in [0, 0.1) is 5.92 Å². The van der Waals surface area contributed by atoms with Crippen molar-refractivity contribution in [1.29, 1.82) is 0 Å². The Morgan fingerprint density at radius 3 is 2.91 bits per heavy atom. The second-order valence-electron chi connectivity index (χ2n) is 3.07. The van der Waals surface area contributed by atoms with E-state index in [0.29, 0.717) is 5.76 Å². The second kappa shape index (κ2) is 2.53. The van der Waals surface area contributed by atoms with E-state index >= 15 is 0 Å². The summed E-state index contributed by atoms with van der Waals surface area (Å²) < 4.78 is 5.22. The maximum atomic E-state index is 10.2. The van der Waals surface area contributed by atoms with Gasteiger partial charge in [0.25, 0.3) is 0 Å². The van der Waals surface area contributed by atoms with Crippen molar-refractivity contribution in [3.63, 3.8) is 0 Å². The first-order valence-electron chi connectivity index (χ1n) is 3.92. The molecule has 2 rings (SSSR count). The molecule has 0 amide bonds. The number of carbonyl (C=O) groups excluding carboxylic acids is 1. The molecule has 0 N–H and O–H groups in total. The molecule has 1 fully saturated rings. The molecule has 1 saturated carbocycles. The van der Waals surface area contributed by atoms with Crippen molar-refractivity contribution in [2.24, 2.45) is 5.92 Å². The second-order valence-corrected chi connectivity index (χ2v) is 3.07. The van der Waals surface area contributed by atoms with Crippen molar-refractivity contribution in [1.82, 2.24) is 0 Å². The smallest absolute Gasteiger partial charge is 0.185 e. The molecule has 0 atom stereocenters. The summed E-state index contributed by atoms with van der Waals surface area (Å²) in [7, 11) is 0. The zero-order valence-electron chi connectivity index (χ0n) is 6.25. The minimum absolute atomic E-state index is 0.445. The highest BCUT2D eigenvalue weighted by Crippen LogP contribution is 2.32. The summed E-state index contributed by atoms with van der Waals surface area (Å²) in [6.07, 6.45) is 4.39. The molecule has 1 aromatic heterocycles. The molecule has 0 unspecified atom stereocenters. The molecule has 0 saturated heterocycles. The Morgan fingerprint density at radius 1 is 1.55 bits per heavy atom. The van der Waals surface area contributed by atoms with Gasteiger partial charge in [-0.05, 0) is 30.9 Å². The highest BCUT2D eigenvalue weighted by atomic mass is 16.3. The summed E-state index contributed by atoms with van der Waals surface area (Å²) in [5.41, 5.74) is 0. The molecule has 0 spiro atoms. The van der Waals surface area contributed by atoms with Crippen LogP contribution in [-0.2, 0) is 6.42 Å². The molecule has 1 aromatic rings. The maximum Gasteiger partial charge on any atom is 0.185 e. The van der Waals surface area contributed by atoms with Crippen LogP contribution in [0.2, 0.25) is 0 Å². The summed E-state index contributed by atoms with van der Waals surface area (Å²) in [5, 5.41) is 0. The fourth-order valence-corrected chi connectivity index (χ4v) is 1.17. The van der Waals surface area contributed by atoms with E-state index in [1.807, 2.05) is 6.07 Å². The van der Waals surface area contributed by atoms with Crippen molar-refractivity contribution >= 4 is 6.29 Å². The van der Waals surface area contributed by atoms with Crippen LogP contribution in [0.15, 0.2) is 16.5 Å². The number of carbonyl (C=O) groups is 1. The molecular formula is C9H10O2. The number of hydrogen-bond acceptors (Lipinski definition) is 2. The highest BCUT2D eigenvalue weighted by molar-refractivity contribution is 5.70. The van der Waals surface area contributed by atoms with Gasteiger partial charge in [0.15, 0.2) is 12.0 Å². The number of furan rings is 1. The lowest BCUT2D eigenvalue weighted by Gasteiger charge is -1.89. The van der Waals surface area contributed by atoms with Crippen LogP contribution >= 0.6 is 0 Å². The summed E-state index contributed by atoms with van der Waals surface area (Å²) in [5.74, 6) is 2.22. The standard InChI is InChI=1S/C9H10O2/c10-6-9-4-3-8(11-9)5-7-1-2-7/h3-4,6-7H,1-2,5H2. The summed E-state index contributed by atoms with van der Waals surface area (Å²) >= 11 is 0. The van der Waals surface area contributed by atoms with Gasteiger partial charge in [0, 0.05) is 6.42 Å². The highest BCUT2D eigenvalue weighted by Gasteiger charge is 2.22. The minimum Gasteiger partial charge on any atom is -0.458 e. The Hall–Kier alpha value is -1.05. The summed E-state index contributed by atoms with van der Waals surface area (Å²) in [4.78, 5) is 10.2. The molecule has 0 radical (unpaired) electrons. The largest absolute Gasteiger partial charge is 0.458 e. The predicted octanol–water partition coefficient (Wildman–Crippen LogP) is 2.04. The number of aldehydes is 1. The van der Waals surface area contributed by atoms with E-state index in [2.05, 4.69) is 0 Å². The summed E-state index contributed by atoms with van der Waals surface area (Å²) in [6, 6.07) is 3.62. The van der Waals surface area contributed by atoms with Crippen molar-refractivity contribution < 1.29 is 9.21 Å². The monoisotopic (exact) mass is 150 g/mol. The molecule has 0 aliphatic heterocycles. The first-order chi connectivity index (χ1) is 5.38. The Bertz CT molecular complexity index is 258. The zero-order chi connectivity index (χ0) is 7.68. The Labute approximate surface area is 65.2 Å². The molecule has 0 aromatic carbocycles. The topological polar surface area (TPSA) is 30.2 Å². The van der Waals surface area contributed by atoms with Crippen LogP contribution in [0.25, 0.3) is 0 Å². The van der Waals surface area contributed by atoms with Crippen LogP contribution in [0.5, 0.6) is 0 Å². The van der Waals surface area contributed by atoms with Crippen molar-refractivity contribution in [2.45, 2.75) is 19.3 Å². The van der Waals surface area contributed by atoms with Gasteiger partial charge < -0.3 is 4.42 Å². The average Bonchev–Trinajstić information content (AvgIpc) is 2.68. The third-order valence-corrected chi connectivity index (χ3v) is 1.99. The van der Waals surface area contributed by atoms with E-state index in [4.69, 9.17) is 4.42 Å². The van der Waals surface area contributed by atoms with E-state index in [0.717, 1.165) is 24.4 Å². The van der Waals surface area contributed by atoms with Gasteiger partial charge in [-0.3, -0.25) is 4.79 Å². The number of rotatable bonds is 3. The molecule has 1 aliphatic carbocycles. The summed E-state index contributed by atoms with van der Waals surface area (Å²) in [6.45, 7) is 0. The van der Waals surface area contributed by atoms with Gasteiger partial charge in [-0.1, -0.05) is 0 Å². The minimum atomic E-state index is 0.445. The third kappa shape index (κ3) is 1.50. The van der Waals surface area contributed by atoms with E-state index in [9.17, 15) is 4.79 Å². The van der Waals surface area contributed by atoms with Gasteiger partial charge in [0.1, 0.15) is 5.76 Å². The van der Waals surface area contributed by atoms with Gasteiger partial charge in [-0.15, -0.1) is 0 Å². The fraction of sp³-hybridized carbons (Fsp3) is 0.444. The molecule has 11 heavy (non-hydrogen) atoms. The molecule has 1 aliphatic rings. The zero-order valence-corrected chi connectivity index (χ0v) is 6.25. The van der Waals surface area contributed by atoms with Crippen LogP contribution in [0.3, 0.4) is 0 Å². The predicted molar refractivity (Wildman–Crippen MR) is 40.5 cm³/mol. The van der Waals surface area contributed by atoms with Gasteiger partial charge in [0.05, 0.1) is 0 Å². The fourth-order valence-electron chi connectivity index (χ4n) is 1.17. The average molecular weight is 150 g/mol. The molecule has 0 bridgehead atoms. The molecule has 2 nitrogen and oxygen atoms in total. The maximum absolute atomic E-state index is 10.2. The van der Waals surface area contributed by atoms with Crippen molar-refractivity contribution in [3.8, 4) is 0 Å². The first-order valence-corrected chi connectivity index (χ1v) is 3.92. The lowest BCUT2D eigenvalue weighted by Crippen LogP contribution is -1.81. The Balaban J connectivity index is 2.05. The van der Waals surface area contributed by atoms with Crippen LogP contribution < -0.4 is 0 Å². The lowest BCUT2D eigenvalue weighted by molar-refractivity contribution is 0.109. The Kier molecular flexibility index (Phi) is 1.53. The van der Waals surface area contributed by atoms with Crippen LogP contribution in [-0.4, -0.2) is 6.29 Å². The molecular weight excluding hydrogens is 140 g/mol. The lowest BCUT2D eigenvalue weighted by atomic mass is 10.2. The molecule has 1 heterocycles. The van der Waals surface area contributed by atoms with Crippen molar-refractivity contribution in [3.05, 3.63) is 23.7 Å². The molecule has 2 heteroatoms. The normalized spacial score (nSPS) is 16.7.